The molecule has 3 aromatic carbocycles. The summed E-state index contributed by atoms with van der Waals surface area (Å²) < 4.78 is 27.5. The van der Waals surface area contributed by atoms with Crippen molar-refractivity contribution in [1.82, 2.24) is 0 Å². The van der Waals surface area contributed by atoms with E-state index >= 15 is 0 Å². The number of nitrogens with one attached hydrogen (secondary N) is 2. The van der Waals surface area contributed by atoms with Gasteiger partial charge in [0.05, 0.1) is 10.6 Å². The highest BCUT2D eigenvalue weighted by molar-refractivity contribution is 7.92. The lowest BCUT2D eigenvalue weighted by Gasteiger charge is -2.20. The maximum atomic E-state index is 13.0. The van der Waals surface area contributed by atoms with Crippen molar-refractivity contribution in [3.05, 3.63) is 83.9 Å². The molecule has 7 heteroatoms. The highest BCUT2D eigenvalue weighted by Crippen LogP contribution is 2.35. The van der Waals surface area contributed by atoms with Crippen LogP contribution in [0.2, 0.25) is 0 Å². The summed E-state index contributed by atoms with van der Waals surface area (Å²) in [5, 5.41) is 5.55. The van der Waals surface area contributed by atoms with Gasteiger partial charge in [-0.1, -0.05) is 42.0 Å². The van der Waals surface area contributed by atoms with Crippen molar-refractivity contribution in [2.45, 2.75) is 18.2 Å². The second kappa shape index (κ2) is 7.60. The third-order valence-electron chi connectivity index (χ3n) is 4.84. The lowest BCUT2D eigenvalue weighted by molar-refractivity contribution is 0.262. The van der Waals surface area contributed by atoms with Crippen molar-refractivity contribution < 1.29 is 13.2 Å². The highest BCUT2D eigenvalue weighted by atomic mass is 32.2. The molecule has 4 rings (SSSR count). The molecule has 0 spiro atoms. The maximum Gasteiger partial charge on any atom is 0.323 e. The van der Waals surface area contributed by atoms with Gasteiger partial charge in [0.2, 0.25) is 0 Å². The summed E-state index contributed by atoms with van der Waals surface area (Å²) >= 11 is 0. The summed E-state index contributed by atoms with van der Waals surface area (Å²) in [4.78, 5) is 12.6. The molecular weight excluding hydrogens is 386 g/mol. The molecule has 2 amide bonds. The van der Waals surface area contributed by atoms with Crippen LogP contribution in [0, 0.1) is 6.92 Å². The molecule has 0 atom stereocenters. The summed E-state index contributed by atoms with van der Waals surface area (Å²) in [6.45, 7) is 2.36. The smallest absolute Gasteiger partial charge is 0.308 e. The first-order valence-corrected chi connectivity index (χ1v) is 10.7. The Morgan fingerprint density at radius 3 is 2.28 bits per heavy atom. The standard InChI is InChI=1S/C22H21N3O3S/c1-16-7-10-18(11-8-16)23-22(26)24-19-12-9-17-13-14-25(21(17)15-19)29(27,28)20-5-3-2-4-6-20/h2-12,15H,13-14H2,1H3,(H2,23,24,26). The van der Waals surface area contributed by atoms with E-state index < -0.39 is 10.0 Å². The fourth-order valence-electron chi connectivity index (χ4n) is 3.33. The van der Waals surface area contributed by atoms with Gasteiger partial charge in [-0.05, 0) is 55.3 Å². The average Bonchev–Trinajstić information content (AvgIpc) is 3.14. The van der Waals surface area contributed by atoms with Gasteiger partial charge in [0, 0.05) is 17.9 Å². The minimum absolute atomic E-state index is 0.253. The first kappa shape index (κ1) is 19.0. The van der Waals surface area contributed by atoms with Crippen LogP contribution < -0.4 is 14.9 Å². The van der Waals surface area contributed by atoms with Crippen molar-refractivity contribution in [3.8, 4) is 0 Å². The van der Waals surface area contributed by atoms with Gasteiger partial charge < -0.3 is 10.6 Å². The number of rotatable bonds is 4. The predicted octanol–water partition coefficient (Wildman–Crippen LogP) is 4.39. The van der Waals surface area contributed by atoms with Crippen LogP contribution in [0.25, 0.3) is 0 Å². The Morgan fingerprint density at radius 2 is 1.55 bits per heavy atom. The van der Waals surface area contributed by atoms with Gasteiger partial charge in [-0.2, -0.15) is 0 Å². The van der Waals surface area contributed by atoms with Gasteiger partial charge in [0.15, 0.2) is 0 Å². The zero-order chi connectivity index (χ0) is 20.4. The van der Waals surface area contributed by atoms with Crippen molar-refractivity contribution in [2.75, 3.05) is 21.5 Å². The van der Waals surface area contributed by atoms with Crippen LogP contribution >= 0.6 is 0 Å². The predicted molar refractivity (Wildman–Crippen MR) is 115 cm³/mol. The number of fused-ring (bicyclic) bond motifs is 1. The molecule has 0 radical (unpaired) electrons. The summed E-state index contributed by atoms with van der Waals surface area (Å²) in [7, 11) is -3.64. The van der Waals surface area contributed by atoms with Crippen LogP contribution in [0.3, 0.4) is 0 Å². The zero-order valence-electron chi connectivity index (χ0n) is 15.9. The second-order valence-corrected chi connectivity index (χ2v) is 8.79. The molecule has 148 valence electrons. The Labute approximate surface area is 170 Å². The lowest BCUT2D eigenvalue weighted by Crippen LogP contribution is -2.29. The Kier molecular flexibility index (Phi) is 4.98. The van der Waals surface area contributed by atoms with E-state index in [1.807, 2.05) is 37.3 Å². The van der Waals surface area contributed by atoms with Gasteiger partial charge >= 0.3 is 6.03 Å². The summed E-state index contributed by atoms with van der Waals surface area (Å²) in [5.41, 5.74) is 3.86. The number of hydrogen-bond acceptors (Lipinski definition) is 3. The minimum atomic E-state index is -3.64. The number of sulfonamides is 1. The van der Waals surface area contributed by atoms with Gasteiger partial charge in [0.1, 0.15) is 0 Å². The van der Waals surface area contributed by atoms with Crippen molar-refractivity contribution in [2.24, 2.45) is 0 Å². The van der Waals surface area contributed by atoms with Crippen LogP contribution in [-0.2, 0) is 16.4 Å². The van der Waals surface area contributed by atoms with Gasteiger partial charge in [-0.3, -0.25) is 4.31 Å². The topological polar surface area (TPSA) is 78.5 Å². The number of anilines is 3. The summed E-state index contributed by atoms with van der Waals surface area (Å²) in [5.74, 6) is 0. The number of amides is 2. The Hall–Kier alpha value is -3.32. The lowest BCUT2D eigenvalue weighted by atomic mass is 10.1. The van der Waals surface area contributed by atoms with Crippen LogP contribution in [0.4, 0.5) is 21.9 Å². The molecule has 2 N–H and O–H groups in total. The Morgan fingerprint density at radius 1 is 0.897 bits per heavy atom. The number of benzene rings is 3. The molecule has 1 heterocycles. The van der Waals surface area contributed by atoms with Crippen LogP contribution in [0.15, 0.2) is 77.7 Å². The maximum absolute atomic E-state index is 13.0. The molecule has 6 nitrogen and oxygen atoms in total. The largest absolute Gasteiger partial charge is 0.323 e. The van der Waals surface area contributed by atoms with Crippen LogP contribution in [0.5, 0.6) is 0 Å². The normalized spacial score (nSPS) is 13.1. The fraction of sp³-hybridized carbons (Fsp3) is 0.136. The van der Waals surface area contributed by atoms with Gasteiger partial charge in [0.25, 0.3) is 10.0 Å². The fourth-order valence-corrected chi connectivity index (χ4v) is 4.84. The SMILES string of the molecule is Cc1ccc(NC(=O)Nc2ccc3c(c2)N(S(=O)(=O)c2ccccc2)CC3)cc1. The molecular formula is C22H21N3O3S. The molecule has 1 aliphatic rings. The molecule has 0 bridgehead atoms. The van der Waals surface area contributed by atoms with Crippen molar-refractivity contribution >= 4 is 33.1 Å². The zero-order valence-corrected chi connectivity index (χ0v) is 16.7. The van der Waals surface area contributed by atoms with E-state index in [1.54, 1.807) is 42.5 Å². The number of urea groups is 1. The third-order valence-corrected chi connectivity index (χ3v) is 6.66. The van der Waals surface area contributed by atoms with E-state index in [0.717, 1.165) is 11.1 Å². The number of carbonyl (C=O) groups excluding carboxylic acids is 1. The minimum Gasteiger partial charge on any atom is -0.308 e. The Bertz CT molecular complexity index is 1140. The number of aryl methyl sites for hydroxylation is 1. The van der Waals surface area contributed by atoms with Crippen LogP contribution in [-0.4, -0.2) is 21.0 Å². The molecule has 29 heavy (non-hydrogen) atoms. The third kappa shape index (κ3) is 3.95. The first-order chi connectivity index (χ1) is 13.9. The molecule has 0 unspecified atom stereocenters. The number of carbonyl (C=O) groups is 1. The summed E-state index contributed by atoms with van der Waals surface area (Å²) in [6, 6.07) is 20.8. The monoisotopic (exact) mass is 407 g/mol. The van der Waals surface area contributed by atoms with Crippen molar-refractivity contribution in [3.63, 3.8) is 0 Å². The van der Waals surface area contributed by atoms with E-state index in [2.05, 4.69) is 10.6 Å². The van der Waals surface area contributed by atoms with E-state index in [9.17, 15) is 13.2 Å². The molecule has 0 aromatic heterocycles. The molecule has 0 saturated heterocycles. The van der Waals surface area contributed by atoms with Crippen LogP contribution in [0.1, 0.15) is 11.1 Å². The quantitative estimate of drug-likeness (QED) is 0.673. The van der Waals surface area contributed by atoms with E-state index in [-0.39, 0.29) is 10.9 Å². The molecule has 0 saturated carbocycles. The van der Waals surface area contributed by atoms with Gasteiger partial charge in [-0.25, -0.2) is 13.2 Å². The van der Waals surface area contributed by atoms with E-state index in [0.29, 0.717) is 30.0 Å². The summed E-state index contributed by atoms with van der Waals surface area (Å²) in [6.07, 6.45) is 0.636. The molecule has 0 aliphatic carbocycles. The molecule has 1 aliphatic heterocycles. The second-order valence-electron chi connectivity index (χ2n) is 6.93. The highest BCUT2D eigenvalue weighted by Gasteiger charge is 2.31. The van der Waals surface area contributed by atoms with E-state index in [4.69, 9.17) is 0 Å². The number of nitrogens with zero attached hydrogens (tertiary/aromatic N) is 1. The van der Waals surface area contributed by atoms with E-state index in [1.165, 1.54) is 4.31 Å². The Balaban J connectivity index is 1.54. The number of hydrogen-bond donors (Lipinski definition) is 2. The van der Waals surface area contributed by atoms with Crippen molar-refractivity contribution in [1.29, 1.82) is 0 Å². The molecule has 0 fully saturated rings. The van der Waals surface area contributed by atoms with Gasteiger partial charge in [-0.15, -0.1) is 0 Å². The average molecular weight is 407 g/mol. The molecule has 3 aromatic rings. The first-order valence-electron chi connectivity index (χ1n) is 9.29.